The third kappa shape index (κ3) is 3.55. The minimum atomic E-state index is -0.174. The third-order valence-electron chi connectivity index (χ3n) is 4.74. The zero-order chi connectivity index (χ0) is 19.0. The maximum absolute atomic E-state index is 12.7. The van der Waals surface area contributed by atoms with Crippen molar-refractivity contribution in [3.8, 4) is 0 Å². The standard InChI is InChI=1S/C20H21N5OS/c1-12-6-8-15(11-13(12)2)21-19(26)20-22-18-16(27-20)5-4-10-25(18)17-9-7-14(3)23-24-17/h6-9,11H,4-5,10H2,1-3H3,(H,21,26). The van der Waals surface area contributed by atoms with Gasteiger partial charge < -0.3 is 10.2 Å². The first-order valence-electron chi connectivity index (χ1n) is 8.97. The molecule has 0 saturated heterocycles. The van der Waals surface area contributed by atoms with E-state index in [0.29, 0.717) is 5.01 Å². The van der Waals surface area contributed by atoms with E-state index in [1.165, 1.54) is 16.9 Å². The molecule has 1 aliphatic rings. The Morgan fingerprint density at radius 2 is 1.96 bits per heavy atom. The van der Waals surface area contributed by atoms with Crippen molar-refractivity contribution in [2.45, 2.75) is 33.6 Å². The van der Waals surface area contributed by atoms with Gasteiger partial charge in [-0.1, -0.05) is 6.07 Å². The normalized spacial score (nSPS) is 13.4. The molecule has 2 aromatic heterocycles. The average molecular weight is 379 g/mol. The number of aromatic nitrogens is 3. The maximum atomic E-state index is 12.7. The summed E-state index contributed by atoms with van der Waals surface area (Å²) in [5, 5.41) is 11.9. The Morgan fingerprint density at radius 3 is 2.70 bits per heavy atom. The first kappa shape index (κ1) is 17.6. The van der Waals surface area contributed by atoms with Crippen molar-refractivity contribution in [1.82, 2.24) is 15.2 Å². The first-order chi connectivity index (χ1) is 13.0. The number of carbonyl (C=O) groups excluding carboxylic acids is 1. The van der Waals surface area contributed by atoms with E-state index in [-0.39, 0.29) is 5.91 Å². The summed E-state index contributed by atoms with van der Waals surface area (Å²) in [7, 11) is 0. The Morgan fingerprint density at radius 1 is 1.11 bits per heavy atom. The van der Waals surface area contributed by atoms with Gasteiger partial charge in [-0.15, -0.1) is 16.4 Å². The second kappa shape index (κ2) is 7.08. The van der Waals surface area contributed by atoms with Gasteiger partial charge in [0.1, 0.15) is 5.82 Å². The van der Waals surface area contributed by atoms with E-state index in [1.54, 1.807) is 0 Å². The van der Waals surface area contributed by atoms with Gasteiger partial charge in [0, 0.05) is 17.1 Å². The van der Waals surface area contributed by atoms with Gasteiger partial charge in [0.05, 0.1) is 5.69 Å². The Bertz CT molecular complexity index is 996. The monoisotopic (exact) mass is 379 g/mol. The zero-order valence-electron chi connectivity index (χ0n) is 15.6. The molecular weight excluding hydrogens is 358 g/mol. The van der Waals surface area contributed by atoms with Gasteiger partial charge in [0.2, 0.25) is 0 Å². The van der Waals surface area contributed by atoms with Gasteiger partial charge in [-0.3, -0.25) is 4.79 Å². The molecule has 0 spiro atoms. The Labute approximate surface area is 162 Å². The molecule has 4 rings (SSSR count). The molecular formula is C20H21N5OS. The van der Waals surface area contributed by atoms with Crippen molar-refractivity contribution in [2.75, 3.05) is 16.8 Å². The summed E-state index contributed by atoms with van der Waals surface area (Å²) in [4.78, 5) is 20.5. The molecule has 0 atom stereocenters. The van der Waals surface area contributed by atoms with Crippen molar-refractivity contribution in [1.29, 1.82) is 0 Å². The fourth-order valence-corrected chi connectivity index (χ4v) is 4.08. The summed E-state index contributed by atoms with van der Waals surface area (Å²) in [5.41, 5.74) is 4.02. The van der Waals surface area contributed by atoms with Crippen molar-refractivity contribution < 1.29 is 4.79 Å². The molecule has 1 amide bonds. The second-order valence-electron chi connectivity index (χ2n) is 6.81. The number of rotatable bonds is 3. The van der Waals surface area contributed by atoms with E-state index in [2.05, 4.69) is 32.3 Å². The molecule has 27 heavy (non-hydrogen) atoms. The first-order valence-corrected chi connectivity index (χ1v) is 9.79. The summed E-state index contributed by atoms with van der Waals surface area (Å²) in [6.45, 7) is 6.83. The van der Waals surface area contributed by atoms with Gasteiger partial charge >= 0.3 is 0 Å². The van der Waals surface area contributed by atoms with Crippen LogP contribution in [0.3, 0.4) is 0 Å². The number of amides is 1. The van der Waals surface area contributed by atoms with Crippen LogP contribution in [-0.2, 0) is 6.42 Å². The number of hydrogen-bond donors (Lipinski definition) is 1. The van der Waals surface area contributed by atoms with Gasteiger partial charge in [-0.2, -0.15) is 5.10 Å². The molecule has 0 unspecified atom stereocenters. The van der Waals surface area contributed by atoms with Gasteiger partial charge in [0.25, 0.3) is 5.91 Å². The van der Waals surface area contributed by atoms with Crippen LogP contribution in [0.5, 0.6) is 0 Å². The molecule has 0 fully saturated rings. The fraction of sp³-hybridized carbons (Fsp3) is 0.300. The highest BCUT2D eigenvalue weighted by Crippen LogP contribution is 2.35. The highest BCUT2D eigenvalue weighted by Gasteiger charge is 2.26. The van der Waals surface area contributed by atoms with Crippen LogP contribution >= 0.6 is 11.3 Å². The SMILES string of the molecule is Cc1ccc(N2CCCc3sc(C(=O)Nc4ccc(C)c(C)c4)nc32)nn1. The molecule has 0 saturated carbocycles. The van der Waals surface area contributed by atoms with Crippen LogP contribution in [0, 0.1) is 20.8 Å². The lowest BCUT2D eigenvalue weighted by Gasteiger charge is -2.25. The topological polar surface area (TPSA) is 71.0 Å². The van der Waals surface area contributed by atoms with Crippen LogP contribution in [0.2, 0.25) is 0 Å². The van der Waals surface area contributed by atoms with E-state index >= 15 is 0 Å². The number of nitrogens with zero attached hydrogens (tertiary/aromatic N) is 4. The fourth-order valence-electron chi connectivity index (χ4n) is 3.08. The summed E-state index contributed by atoms with van der Waals surface area (Å²) in [6.07, 6.45) is 1.93. The smallest absolute Gasteiger partial charge is 0.284 e. The lowest BCUT2D eigenvalue weighted by molar-refractivity contribution is 0.102. The minimum Gasteiger partial charge on any atom is -0.320 e. The molecule has 0 radical (unpaired) electrons. The van der Waals surface area contributed by atoms with E-state index in [9.17, 15) is 4.79 Å². The molecule has 1 N–H and O–H groups in total. The van der Waals surface area contributed by atoms with Crippen LogP contribution < -0.4 is 10.2 Å². The van der Waals surface area contributed by atoms with E-state index in [4.69, 9.17) is 0 Å². The molecule has 7 heteroatoms. The summed E-state index contributed by atoms with van der Waals surface area (Å²) in [6, 6.07) is 9.80. The molecule has 0 bridgehead atoms. The van der Waals surface area contributed by atoms with Crippen LogP contribution in [0.15, 0.2) is 30.3 Å². The van der Waals surface area contributed by atoms with Gasteiger partial charge in [-0.05, 0) is 69.0 Å². The van der Waals surface area contributed by atoms with Crippen LogP contribution in [0.4, 0.5) is 17.3 Å². The Kier molecular flexibility index (Phi) is 4.61. The number of hydrogen-bond acceptors (Lipinski definition) is 6. The molecule has 1 aromatic carbocycles. The van der Waals surface area contributed by atoms with Crippen LogP contribution in [0.1, 0.15) is 37.9 Å². The van der Waals surface area contributed by atoms with E-state index in [0.717, 1.165) is 52.8 Å². The summed E-state index contributed by atoms with van der Waals surface area (Å²) >= 11 is 1.46. The summed E-state index contributed by atoms with van der Waals surface area (Å²) in [5.74, 6) is 1.43. The number of fused-ring (bicyclic) bond motifs is 1. The van der Waals surface area contributed by atoms with Crippen molar-refractivity contribution >= 4 is 34.6 Å². The molecule has 138 valence electrons. The molecule has 3 aromatic rings. The Balaban J connectivity index is 1.59. The maximum Gasteiger partial charge on any atom is 0.284 e. The van der Waals surface area contributed by atoms with Crippen molar-refractivity contribution in [3.05, 3.63) is 57.0 Å². The lowest BCUT2D eigenvalue weighted by Crippen LogP contribution is -2.25. The zero-order valence-corrected chi connectivity index (χ0v) is 16.4. The number of anilines is 3. The predicted molar refractivity (Wildman–Crippen MR) is 108 cm³/mol. The number of aryl methyl sites for hydroxylation is 4. The van der Waals surface area contributed by atoms with Crippen molar-refractivity contribution in [3.63, 3.8) is 0 Å². The molecule has 3 heterocycles. The minimum absolute atomic E-state index is 0.174. The number of thiazole rings is 1. The number of carbonyl (C=O) groups is 1. The average Bonchev–Trinajstić information content (AvgIpc) is 3.10. The van der Waals surface area contributed by atoms with E-state index < -0.39 is 0 Å². The lowest BCUT2D eigenvalue weighted by atomic mass is 10.1. The highest BCUT2D eigenvalue weighted by atomic mass is 32.1. The number of benzene rings is 1. The van der Waals surface area contributed by atoms with Crippen LogP contribution in [0.25, 0.3) is 0 Å². The van der Waals surface area contributed by atoms with Crippen molar-refractivity contribution in [2.24, 2.45) is 0 Å². The van der Waals surface area contributed by atoms with Crippen LogP contribution in [-0.4, -0.2) is 27.6 Å². The highest BCUT2D eigenvalue weighted by molar-refractivity contribution is 7.14. The van der Waals surface area contributed by atoms with E-state index in [1.807, 2.05) is 44.2 Å². The largest absolute Gasteiger partial charge is 0.320 e. The molecule has 1 aliphatic heterocycles. The third-order valence-corrected chi connectivity index (χ3v) is 5.84. The summed E-state index contributed by atoms with van der Waals surface area (Å²) < 4.78 is 0. The van der Waals surface area contributed by atoms with Gasteiger partial charge in [0.15, 0.2) is 10.8 Å². The van der Waals surface area contributed by atoms with Gasteiger partial charge in [-0.25, -0.2) is 4.98 Å². The Hall–Kier alpha value is -2.80. The molecule has 0 aliphatic carbocycles. The molecule has 6 nitrogen and oxygen atoms in total. The number of nitrogens with one attached hydrogen (secondary N) is 1. The quantitative estimate of drug-likeness (QED) is 0.739. The second-order valence-corrected chi connectivity index (χ2v) is 7.89. The predicted octanol–water partition coefficient (Wildman–Crippen LogP) is 4.19.